The van der Waals surface area contributed by atoms with Gasteiger partial charge in [-0.25, -0.2) is 0 Å². The van der Waals surface area contributed by atoms with Gasteiger partial charge in [-0.1, -0.05) is 84.9 Å². The van der Waals surface area contributed by atoms with E-state index in [1.165, 1.54) is 21.5 Å². The first-order chi connectivity index (χ1) is 16.6. The predicted molar refractivity (Wildman–Crippen MR) is 130 cm³/mol. The first kappa shape index (κ1) is 27.3. The van der Waals surface area contributed by atoms with Gasteiger partial charge in [0.25, 0.3) is 0 Å². The molecule has 2 N–H and O–H groups in total. The van der Waals surface area contributed by atoms with Crippen molar-refractivity contribution in [3.63, 3.8) is 0 Å². The average molecular weight is 594 g/mol. The first-order valence-corrected chi connectivity index (χ1v) is 17.2. The summed E-state index contributed by atoms with van der Waals surface area (Å²) >= 11 is -6.28. The summed E-state index contributed by atoms with van der Waals surface area (Å²) in [7, 11) is -6.92. The molecule has 0 aliphatic rings. The molecule has 0 saturated carbocycles. The maximum absolute atomic E-state index is 9.57. The second-order valence-corrected chi connectivity index (χ2v) is 15.2. The second-order valence-electron chi connectivity index (χ2n) is 7.43. The molecule has 0 heterocycles. The smallest absolute Gasteiger partial charge is 0.0622 e. The van der Waals surface area contributed by atoms with Crippen LogP contribution in [-0.4, -0.2) is 9.79 Å². The summed E-state index contributed by atoms with van der Waals surface area (Å²) in [5.74, 6) is 0. The van der Waals surface area contributed by atoms with Crippen molar-refractivity contribution in [2.45, 2.75) is 6.16 Å². The van der Waals surface area contributed by atoms with E-state index in [0.29, 0.717) is 0 Å². The zero-order chi connectivity index (χ0) is 25.4. The van der Waals surface area contributed by atoms with Crippen molar-refractivity contribution in [2.75, 3.05) is 0 Å². The molecule has 7 nitrogen and oxygen atoms in total. The van der Waals surface area contributed by atoms with Gasteiger partial charge in [0.2, 0.25) is 0 Å². The van der Waals surface area contributed by atoms with Crippen LogP contribution in [-0.2, 0) is 37.4 Å². The first-order valence-electron chi connectivity index (χ1n) is 10.4. The molecule has 4 rings (SSSR count). The van der Waals surface area contributed by atoms with Crippen LogP contribution in [0.1, 0.15) is 5.56 Å². The minimum atomic E-state index is -6.28. The van der Waals surface area contributed by atoms with Gasteiger partial charge in [-0.2, -0.15) is 0 Å². The standard InChI is InChI=1S/C25H22P.Mo.H3O4P.3O/c1-5-13-22(14-6-1)21-26(23-15-7-2-8-16-23,24-17-9-3-10-18-24)25-19-11-4-12-20-25;;1-5(2,3)4;;;/h1-20H,21H2;;(H3,1,2,3,4);;;/q2*+1;;;;-1/p-1. The molecule has 4 aromatic rings. The number of phosphoric acid groups is 1. The predicted octanol–water partition coefficient (Wildman–Crippen LogP) is 3.31. The fourth-order valence-electron chi connectivity index (χ4n) is 3.74. The summed E-state index contributed by atoms with van der Waals surface area (Å²) in [4.78, 5) is 15.4. The minimum Gasteiger partial charge on any atom is -0.0622 e. The van der Waals surface area contributed by atoms with Crippen LogP contribution in [0.3, 0.4) is 0 Å². The molecule has 4 aromatic carbocycles. The molecule has 0 aliphatic heterocycles. The van der Waals surface area contributed by atoms with Gasteiger partial charge in [-0.15, -0.1) is 0 Å². The second kappa shape index (κ2) is 12.1. The summed E-state index contributed by atoms with van der Waals surface area (Å²) < 4.78 is 40.8. The Morgan fingerprint density at radius 2 is 0.971 bits per heavy atom. The van der Waals surface area contributed by atoms with Crippen molar-refractivity contribution in [2.24, 2.45) is 0 Å². The van der Waals surface area contributed by atoms with Crippen LogP contribution in [0.15, 0.2) is 121 Å². The Morgan fingerprint density at radius 3 is 1.23 bits per heavy atom. The Labute approximate surface area is 208 Å². The van der Waals surface area contributed by atoms with Gasteiger partial charge in [-0.3, -0.25) is 0 Å². The minimum absolute atomic E-state index is 1.03. The van der Waals surface area contributed by atoms with Crippen molar-refractivity contribution in [1.29, 1.82) is 0 Å². The van der Waals surface area contributed by atoms with Crippen LogP contribution in [0.2, 0.25) is 0 Å². The van der Waals surface area contributed by atoms with E-state index in [2.05, 4.69) is 125 Å². The van der Waals surface area contributed by atoms with Crippen molar-refractivity contribution in [3.8, 4) is 0 Å². The molecule has 10 heteroatoms. The SMILES string of the molecule is O=P(O)(O)[O][Mo](=[O])(=[O])[O-].c1ccc(C[P+](c2ccccc2)(c2ccccc2)c2ccccc2)cc1. The van der Waals surface area contributed by atoms with Crippen molar-refractivity contribution in [1.82, 2.24) is 0 Å². The van der Waals surface area contributed by atoms with Crippen LogP contribution in [0.25, 0.3) is 0 Å². The van der Waals surface area contributed by atoms with Gasteiger partial charge >= 0.3 is 52.7 Å². The normalized spacial score (nSPS) is 11.9. The number of hydrogen-bond donors (Lipinski definition) is 2. The summed E-state index contributed by atoms with van der Waals surface area (Å²) in [6.45, 7) is 0. The summed E-state index contributed by atoms with van der Waals surface area (Å²) in [6.07, 6.45) is 1.03. The zero-order valence-electron chi connectivity index (χ0n) is 18.5. The van der Waals surface area contributed by atoms with Gasteiger partial charge in [0.05, 0.1) is 6.16 Å². The zero-order valence-corrected chi connectivity index (χ0v) is 22.3. The molecule has 0 spiro atoms. The van der Waals surface area contributed by atoms with E-state index in [4.69, 9.17) is 9.79 Å². The molecule has 182 valence electrons. The number of hydrogen-bond acceptors (Lipinski definition) is 5. The van der Waals surface area contributed by atoms with Gasteiger partial charge in [0.1, 0.15) is 23.2 Å². The topological polar surface area (TPSA) is 124 Å². The Hall–Kier alpha value is -2.33. The van der Waals surface area contributed by atoms with E-state index in [1.807, 2.05) is 0 Å². The van der Waals surface area contributed by atoms with E-state index in [9.17, 15) is 15.1 Å². The Bertz CT molecular complexity index is 1250. The monoisotopic (exact) mass is 596 g/mol. The number of benzene rings is 4. The molecule has 0 saturated heterocycles. The maximum Gasteiger partial charge on any atom is 0.116 e. The molecule has 0 amide bonds. The summed E-state index contributed by atoms with van der Waals surface area (Å²) in [6, 6.07) is 44.0. The summed E-state index contributed by atoms with van der Waals surface area (Å²) in [5, 5.41) is 4.30. The van der Waals surface area contributed by atoms with Gasteiger partial charge in [0, 0.05) is 0 Å². The van der Waals surface area contributed by atoms with Crippen LogP contribution < -0.4 is 19.7 Å². The quantitative estimate of drug-likeness (QED) is 0.249. The molecular formula is C25H24MoO7P2. The van der Waals surface area contributed by atoms with Crippen LogP contribution in [0, 0.1) is 0 Å². The third kappa shape index (κ3) is 8.10. The molecule has 0 unspecified atom stereocenters. The van der Waals surface area contributed by atoms with Gasteiger partial charge in [0.15, 0.2) is 0 Å². The van der Waals surface area contributed by atoms with E-state index in [-0.39, 0.29) is 0 Å². The molecule has 35 heavy (non-hydrogen) atoms. The molecule has 0 radical (unpaired) electrons. The fourth-order valence-corrected chi connectivity index (χ4v) is 9.98. The van der Waals surface area contributed by atoms with E-state index in [1.54, 1.807) is 0 Å². The van der Waals surface area contributed by atoms with Gasteiger partial charge in [-0.05, 0) is 42.0 Å². The molecule has 0 bridgehead atoms. The largest absolute Gasteiger partial charge is 0.116 e. The Morgan fingerprint density at radius 1 is 0.657 bits per heavy atom. The Kier molecular flexibility index (Phi) is 9.40. The summed E-state index contributed by atoms with van der Waals surface area (Å²) in [5.41, 5.74) is 1.39. The van der Waals surface area contributed by atoms with Crippen molar-refractivity contribution in [3.05, 3.63) is 127 Å². The number of rotatable bonds is 7. The molecule has 0 aliphatic carbocycles. The van der Waals surface area contributed by atoms with E-state index < -0.39 is 31.8 Å². The van der Waals surface area contributed by atoms with Crippen molar-refractivity contribution >= 4 is 31.0 Å². The molecular weight excluding hydrogens is 570 g/mol. The van der Waals surface area contributed by atoms with Crippen LogP contribution >= 0.6 is 15.1 Å². The molecule has 0 aromatic heterocycles. The molecule has 0 fully saturated rings. The van der Waals surface area contributed by atoms with Crippen LogP contribution in [0.4, 0.5) is 0 Å². The third-order valence-corrected chi connectivity index (χ3v) is 12.6. The maximum atomic E-state index is 9.57. The van der Waals surface area contributed by atoms with Crippen LogP contribution in [0.5, 0.6) is 0 Å². The molecule has 0 atom stereocenters. The van der Waals surface area contributed by atoms with Gasteiger partial charge < -0.3 is 0 Å². The third-order valence-electron chi connectivity index (χ3n) is 5.04. The van der Waals surface area contributed by atoms with E-state index >= 15 is 0 Å². The van der Waals surface area contributed by atoms with Crippen molar-refractivity contribution < 1.29 is 44.8 Å². The Balaban J connectivity index is 0.000000327. The fraction of sp³-hybridized carbons (Fsp3) is 0.0400. The van der Waals surface area contributed by atoms with E-state index in [0.717, 1.165) is 6.16 Å². The average Bonchev–Trinajstić information content (AvgIpc) is 2.83.